The van der Waals surface area contributed by atoms with Crippen LogP contribution in [0.15, 0.2) is 30.6 Å². The van der Waals surface area contributed by atoms with Gasteiger partial charge in [-0.25, -0.2) is 14.5 Å². The molecule has 0 bridgehead atoms. The molecule has 11 nitrogen and oxygen atoms in total. The zero-order valence-electron chi connectivity index (χ0n) is 21.8. The van der Waals surface area contributed by atoms with Gasteiger partial charge in [-0.3, -0.25) is 9.59 Å². The van der Waals surface area contributed by atoms with Crippen molar-refractivity contribution in [2.24, 2.45) is 5.92 Å². The summed E-state index contributed by atoms with van der Waals surface area (Å²) in [6.45, 7) is 1.95. The van der Waals surface area contributed by atoms with Gasteiger partial charge in [0.25, 0.3) is 5.91 Å². The Bertz CT molecular complexity index is 1340. The molecular weight excluding hydrogens is 518 g/mol. The maximum atomic E-state index is 13.1. The van der Waals surface area contributed by atoms with Crippen molar-refractivity contribution in [2.75, 3.05) is 29.0 Å². The molecule has 1 saturated heterocycles. The van der Waals surface area contributed by atoms with Gasteiger partial charge in [-0.15, -0.1) is 5.10 Å². The van der Waals surface area contributed by atoms with Crippen LogP contribution in [0, 0.1) is 5.92 Å². The number of hydrogen-bond acceptors (Lipinski definition) is 8. The molecule has 5 N–H and O–H groups in total. The summed E-state index contributed by atoms with van der Waals surface area (Å²) in [7, 11) is 0. The van der Waals surface area contributed by atoms with Gasteiger partial charge in [-0.1, -0.05) is 11.6 Å². The van der Waals surface area contributed by atoms with Crippen LogP contribution in [0.4, 0.5) is 17.2 Å². The average Bonchev–Trinajstić information content (AvgIpc) is 3.38. The van der Waals surface area contributed by atoms with Gasteiger partial charge in [0, 0.05) is 42.5 Å². The molecule has 3 aromatic rings. The van der Waals surface area contributed by atoms with Crippen LogP contribution in [0.1, 0.15) is 61.9 Å². The lowest BCUT2D eigenvalue weighted by Gasteiger charge is -2.30. The van der Waals surface area contributed by atoms with Crippen LogP contribution in [0.25, 0.3) is 5.65 Å². The number of aromatic nitrogens is 4. The summed E-state index contributed by atoms with van der Waals surface area (Å²) in [5.41, 5.74) is 2.33. The van der Waals surface area contributed by atoms with Crippen molar-refractivity contribution in [3.8, 4) is 0 Å². The fourth-order valence-corrected chi connectivity index (χ4v) is 5.63. The zero-order chi connectivity index (χ0) is 26.8. The van der Waals surface area contributed by atoms with Crippen LogP contribution < -0.4 is 26.6 Å². The van der Waals surface area contributed by atoms with Gasteiger partial charge in [-0.05, 0) is 76.1 Å². The Kier molecular flexibility index (Phi) is 7.51. The van der Waals surface area contributed by atoms with Crippen LogP contribution in [0.3, 0.4) is 0 Å². The second kappa shape index (κ2) is 11.4. The minimum absolute atomic E-state index is 0.169. The number of nitrogens with zero attached hydrogens (tertiary/aromatic N) is 4. The van der Waals surface area contributed by atoms with E-state index < -0.39 is 0 Å². The van der Waals surface area contributed by atoms with Crippen molar-refractivity contribution in [2.45, 2.75) is 69.5 Å². The fourth-order valence-electron chi connectivity index (χ4n) is 5.45. The summed E-state index contributed by atoms with van der Waals surface area (Å²) >= 11 is 5.97. The quantitative estimate of drug-likeness (QED) is 0.255. The first-order valence-electron chi connectivity index (χ1n) is 13.8. The highest BCUT2D eigenvalue weighted by Gasteiger charge is 2.27. The standard InChI is InChI=1S/C27H34ClN9O2/c28-23-12-20(8-10-30-23)35-27(39)22-15-31-26-21(32-17-1-2-17)13-24(36-37(22)26)33-18-3-5-19(6-4-18)34-25(38)11-16-7-9-29-14-16/h8,10,12-13,15-19,29,32H,1-7,9,11,14H2,(H,33,36)(H,34,38)(H,30,35,39)/t16-,18?,19?/m0/s1. The molecule has 0 aromatic carbocycles. The largest absolute Gasteiger partial charge is 0.379 e. The molecule has 39 heavy (non-hydrogen) atoms. The highest BCUT2D eigenvalue weighted by atomic mass is 35.5. The Morgan fingerprint density at radius 2 is 1.77 bits per heavy atom. The SMILES string of the molecule is O=C(C[C@@H]1CCNC1)NC1CCC(Nc2cc(NC3CC3)c3ncc(C(=O)Nc4ccnc(Cl)c4)n3n2)CC1. The lowest BCUT2D eigenvalue weighted by molar-refractivity contribution is -0.122. The lowest BCUT2D eigenvalue weighted by atomic mass is 9.91. The van der Waals surface area contributed by atoms with Crippen LogP contribution in [0.2, 0.25) is 5.15 Å². The van der Waals surface area contributed by atoms with Gasteiger partial charge in [-0.2, -0.15) is 0 Å². The van der Waals surface area contributed by atoms with Crippen molar-refractivity contribution in [3.63, 3.8) is 0 Å². The maximum Gasteiger partial charge on any atom is 0.276 e. The van der Waals surface area contributed by atoms with E-state index in [0.29, 0.717) is 46.4 Å². The number of halogens is 1. The summed E-state index contributed by atoms with van der Waals surface area (Å²) in [6.07, 6.45) is 10.7. The second-order valence-electron chi connectivity index (χ2n) is 10.9. The number of imidazole rings is 1. The number of carbonyl (C=O) groups excluding carboxylic acids is 2. The Hall–Kier alpha value is -3.44. The van der Waals surface area contributed by atoms with E-state index in [1.54, 1.807) is 16.6 Å². The molecule has 0 unspecified atom stereocenters. The number of carbonyl (C=O) groups is 2. The molecule has 12 heteroatoms. The first-order chi connectivity index (χ1) is 19.0. The van der Waals surface area contributed by atoms with Gasteiger partial charge in [0.05, 0.1) is 11.9 Å². The molecule has 0 spiro atoms. The third kappa shape index (κ3) is 6.42. The van der Waals surface area contributed by atoms with E-state index in [-0.39, 0.29) is 23.9 Å². The van der Waals surface area contributed by atoms with Crippen molar-refractivity contribution < 1.29 is 9.59 Å². The van der Waals surface area contributed by atoms with Crippen LogP contribution in [0.5, 0.6) is 0 Å². The van der Waals surface area contributed by atoms with E-state index >= 15 is 0 Å². The van der Waals surface area contributed by atoms with E-state index in [4.69, 9.17) is 16.7 Å². The number of pyridine rings is 1. The second-order valence-corrected chi connectivity index (χ2v) is 11.3. The van der Waals surface area contributed by atoms with Crippen molar-refractivity contribution >= 4 is 46.3 Å². The Morgan fingerprint density at radius 1 is 1.00 bits per heavy atom. The molecule has 6 rings (SSSR count). The number of fused-ring (bicyclic) bond motifs is 1. The van der Waals surface area contributed by atoms with E-state index in [1.807, 2.05) is 6.07 Å². The number of rotatable bonds is 9. The fraction of sp³-hybridized carbons (Fsp3) is 0.519. The monoisotopic (exact) mass is 551 g/mol. The molecule has 1 aliphatic heterocycles. The van der Waals surface area contributed by atoms with Crippen LogP contribution in [-0.2, 0) is 4.79 Å². The van der Waals surface area contributed by atoms with Crippen LogP contribution in [-0.4, -0.2) is 62.6 Å². The molecule has 4 heterocycles. The minimum atomic E-state index is -0.337. The smallest absolute Gasteiger partial charge is 0.276 e. The predicted molar refractivity (Wildman–Crippen MR) is 150 cm³/mol. The molecule has 2 saturated carbocycles. The van der Waals surface area contributed by atoms with Gasteiger partial charge < -0.3 is 26.6 Å². The van der Waals surface area contributed by atoms with Crippen molar-refractivity contribution in [1.82, 2.24) is 30.2 Å². The molecular formula is C27H34ClN9O2. The Balaban J connectivity index is 1.13. The third-order valence-electron chi connectivity index (χ3n) is 7.70. The van der Waals surface area contributed by atoms with E-state index in [1.165, 1.54) is 12.4 Å². The highest BCUT2D eigenvalue weighted by Crippen LogP contribution is 2.30. The summed E-state index contributed by atoms with van der Waals surface area (Å²) in [4.78, 5) is 34.1. The van der Waals surface area contributed by atoms with E-state index in [9.17, 15) is 9.59 Å². The molecule has 0 radical (unpaired) electrons. The number of anilines is 3. The predicted octanol–water partition coefficient (Wildman–Crippen LogP) is 3.44. The van der Waals surface area contributed by atoms with Gasteiger partial charge in [0.1, 0.15) is 11.0 Å². The molecule has 2 amide bonds. The summed E-state index contributed by atoms with van der Waals surface area (Å²) in [5, 5.41) is 21.6. The van der Waals surface area contributed by atoms with Crippen molar-refractivity contribution in [1.29, 1.82) is 0 Å². The van der Waals surface area contributed by atoms with Gasteiger partial charge in [0.15, 0.2) is 11.3 Å². The van der Waals surface area contributed by atoms with Crippen LogP contribution >= 0.6 is 11.6 Å². The Labute approximate surface area is 231 Å². The van der Waals surface area contributed by atoms with Gasteiger partial charge >= 0.3 is 0 Å². The number of nitrogens with one attached hydrogen (secondary N) is 5. The zero-order valence-corrected chi connectivity index (χ0v) is 22.5. The molecule has 2 aliphatic carbocycles. The Morgan fingerprint density at radius 3 is 2.51 bits per heavy atom. The normalized spacial score (nSPS) is 22.9. The third-order valence-corrected chi connectivity index (χ3v) is 7.91. The topological polar surface area (TPSA) is 137 Å². The first kappa shape index (κ1) is 25.8. The van der Waals surface area contributed by atoms with Gasteiger partial charge in [0.2, 0.25) is 5.91 Å². The summed E-state index contributed by atoms with van der Waals surface area (Å²) in [5.74, 6) is 0.977. The number of hydrogen-bond donors (Lipinski definition) is 5. The molecule has 3 aliphatic rings. The van der Waals surface area contributed by atoms with Crippen molar-refractivity contribution in [3.05, 3.63) is 41.4 Å². The molecule has 206 valence electrons. The molecule has 1 atom stereocenters. The minimum Gasteiger partial charge on any atom is -0.379 e. The lowest BCUT2D eigenvalue weighted by Crippen LogP contribution is -2.40. The van der Waals surface area contributed by atoms with E-state index in [0.717, 1.165) is 63.7 Å². The number of amides is 2. The van der Waals surface area contributed by atoms with E-state index in [2.05, 4.69) is 36.6 Å². The maximum absolute atomic E-state index is 13.1. The summed E-state index contributed by atoms with van der Waals surface area (Å²) in [6, 6.07) is 6.12. The molecule has 3 fully saturated rings. The average molecular weight is 552 g/mol. The first-order valence-corrected chi connectivity index (χ1v) is 14.2. The highest BCUT2D eigenvalue weighted by molar-refractivity contribution is 6.29. The molecule has 3 aromatic heterocycles. The summed E-state index contributed by atoms with van der Waals surface area (Å²) < 4.78 is 1.59.